The van der Waals surface area contributed by atoms with E-state index in [-0.39, 0.29) is 44.8 Å². The van der Waals surface area contributed by atoms with Crippen LogP contribution in [0.15, 0.2) is 40.3 Å². The Morgan fingerprint density at radius 3 is 2.40 bits per heavy atom. The molecule has 16 heteroatoms. The van der Waals surface area contributed by atoms with E-state index in [4.69, 9.17) is 33.0 Å². The average molecular weight is 803 g/mol. The lowest BCUT2D eigenvalue weighted by atomic mass is 9.73. The highest BCUT2D eigenvalue weighted by Crippen LogP contribution is 2.40. The molecule has 0 spiro atoms. The van der Waals surface area contributed by atoms with Gasteiger partial charge < -0.3 is 53.3 Å². The van der Waals surface area contributed by atoms with Crippen LogP contribution in [0, 0.1) is 23.7 Å². The largest absolute Gasteiger partial charge is 0.459 e. The van der Waals surface area contributed by atoms with E-state index < -0.39 is 83.4 Å². The number of ketones is 1. The summed E-state index contributed by atoms with van der Waals surface area (Å²) in [6.07, 6.45) is -2.83. The fourth-order valence-corrected chi connectivity index (χ4v) is 8.59. The third kappa shape index (κ3) is 10.1. The van der Waals surface area contributed by atoms with Crippen LogP contribution in [0.5, 0.6) is 0 Å². The number of aliphatic hydroxyl groups is 3. The second-order valence-electron chi connectivity index (χ2n) is 16.8. The molecule has 0 saturated carbocycles. The van der Waals surface area contributed by atoms with Gasteiger partial charge >= 0.3 is 5.97 Å². The minimum atomic E-state index is -1.82. The SMILES string of the molecule is CC[C@H]1OC(=O)[C@H](C)C(=O)[C@H](C)[C@@H](O[C@@H]2O[C@H](C)C[C@H](N(C)C)[C@H]2O)[C@@]2(C)C[C@@H](C)[C@H](O)[C@H](C)[C@@H](OC/C(=N\OCc3ccc(-c4ccno4)nc3)CO2)[C@]1(C)O. The highest BCUT2D eigenvalue weighted by molar-refractivity contribution is 6.00. The lowest BCUT2D eigenvalue weighted by Crippen LogP contribution is -2.60. The van der Waals surface area contributed by atoms with Gasteiger partial charge in [-0.15, -0.1) is 0 Å². The number of carbonyl (C=O) groups is 2. The molecule has 0 amide bonds. The predicted octanol–water partition coefficient (Wildman–Crippen LogP) is 3.55. The van der Waals surface area contributed by atoms with E-state index in [1.807, 2.05) is 38.9 Å². The number of hydrogen-bond donors (Lipinski definition) is 3. The molecule has 2 aromatic rings. The lowest BCUT2D eigenvalue weighted by Gasteiger charge is -2.48. The first-order valence-electron chi connectivity index (χ1n) is 20.0. The fourth-order valence-electron chi connectivity index (χ4n) is 8.59. The van der Waals surface area contributed by atoms with Crippen molar-refractivity contribution in [3.8, 4) is 11.5 Å². The number of rotatable bonds is 8. The minimum Gasteiger partial charge on any atom is -0.459 e. The first-order chi connectivity index (χ1) is 26.9. The number of esters is 1. The van der Waals surface area contributed by atoms with Crippen LogP contribution in [0.1, 0.15) is 80.2 Å². The van der Waals surface area contributed by atoms with Crippen molar-refractivity contribution in [2.24, 2.45) is 28.8 Å². The molecule has 3 aliphatic rings. The van der Waals surface area contributed by atoms with Crippen molar-refractivity contribution in [1.82, 2.24) is 15.0 Å². The molecular formula is C41H62N4O12. The van der Waals surface area contributed by atoms with Crippen LogP contribution in [0.2, 0.25) is 0 Å². The van der Waals surface area contributed by atoms with Crippen LogP contribution >= 0.6 is 0 Å². The number of oxime groups is 1. The summed E-state index contributed by atoms with van der Waals surface area (Å²) in [4.78, 5) is 40.3. The second-order valence-corrected chi connectivity index (χ2v) is 16.8. The summed E-state index contributed by atoms with van der Waals surface area (Å²) in [5.74, 6) is -4.24. The number of fused-ring (bicyclic) bond motifs is 5. The molecule has 3 N–H and O–H groups in total. The molecule has 318 valence electrons. The Morgan fingerprint density at radius 1 is 1.04 bits per heavy atom. The van der Waals surface area contributed by atoms with Crippen LogP contribution < -0.4 is 0 Å². The maximum atomic E-state index is 14.4. The highest BCUT2D eigenvalue weighted by atomic mass is 16.7. The van der Waals surface area contributed by atoms with Gasteiger partial charge in [0.15, 0.2) is 17.8 Å². The van der Waals surface area contributed by atoms with E-state index in [9.17, 15) is 24.9 Å². The summed E-state index contributed by atoms with van der Waals surface area (Å²) < 4.78 is 37.3. The number of Topliss-reactive ketones (excluding diaryl/α,β-unsaturated/α-hetero) is 1. The molecule has 5 heterocycles. The molecule has 2 aromatic heterocycles. The number of nitrogens with zero attached hydrogens (tertiary/aromatic N) is 4. The monoisotopic (exact) mass is 802 g/mol. The normalized spacial score (nSPS) is 39.6. The molecule has 0 aromatic carbocycles. The molecule has 57 heavy (non-hydrogen) atoms. The number of carbonyl (C=O) groups excluding carboxylic acids is 2. The number of aromatic nitrogens is 2. The van der Waals surface area contributed by atoms with Crippen LogP contribution in [-0.2, 0) is 44.7 Å². The van der Waals surface area contributed by atoms with Crippen LogP contribution in [0.4, 0.5) is 0 Å². The van der Waals surface area contributed by atoms with Gasteiger partial charge in [0.2, 0.25) is 0 Å². The first-order valence-corrected chi connectivity index (χ1v) is 20.0. The molecule has 5 rings (SSSR count). The van der Waals surface area contributed by atoms with Gasteiger partial charge in [-0.05, 0) is 73.0 Å². The smallest absolute Gasteiger partial charge is 0.316 e. The van der Waals surface area contributed by atoms with Crippen molar-refractivity contribution < 1.29 is 58.0 Å². The Labute approximate surface area is 335 Å². The molecule has 3 fully saturated rings. The first kappa shape index (κ1) is 44.7. The number of pyridine rings is 1. The summed E-state index contributed by atoms with van der Waals surface area (Å²) in [5, 5.41) is 43.9. The van der Waals surface area contributed by atoms with Crippen molar-refractivity contribution in [2.45, 2.75) is 141 Å². The second kappa shape index (κ2) is 18.7. The van der Waals surface area contributed by atoms with Crippen molar-refractivity contribution >= 4 is 17.5 Å². The molecule has 0 unspecified atom stereocenters. The van der Waals surface area contributed by atoms with Crippen molar-refractivity contribution in [3.63, 3.8) is 0 Å². The minimum absolute atomic E-state index is 0.0445. The number of ether oxygens (including phenoxy) is 5. The Balaban J connectivity index is 1.57. The third-order valence-electron chi connectivity index (χ3n) is 12.0. The van der Waals surface area contributed by atoms with Crippen molar-refractivity contribution in [3.05, 3.63) is 36.2 Å². The van der Waals surface area contributed by atoms with Gasteiger partial charge in [0.1, 0.15) is 41.7 Å². The number of hydrogen-bond acceptors (Lipinski definition) is 16. The van der Waals surface area contributed by atoms with E-state index in [1.165, 1.54) is 20.0 Å². The molecule has 3 aliphatic heterocycles. The quantitative estimate of drug-likeness (QED) is 0.198. The summed E-state index contributed by atoms with van der Waals surface area (Å²) in [6, 6.07) is 5.00. The van der Waals surface area contributed by atoms with Gasteiger partial charge in [-0.25, -0.2) is 0 Å². The summed E-state index contributed by atoms with van der Waals surface area (Å²) in [6.45, 7) is 13.4. The zero-order valence-corrected chi connectivity index (χ0v) is 34.9. The third-order valence-corrected chi connectivity index (χ3v) is 12.0. The molecule has 2 bridgehead atoms. The van der Waals surface area contributed by atoms with Crippen LogP contribution in [0.25, 0.3) is 11.5 Å². The van der Waals surface area contributed by atoms with Gasteiger partial charge in [0, 0.05) is 35.7 Å². The molecule has 0 aliphatic carbocycles. The standard InChI is InChI=1S/C41H62N4O12/c1-11-32-41(8,50)37-24(4)33(46)22(2)17-40(7,52-21-28(20-51-37)44-53-19-27-12-13-29(42-18-27)31-14-15-43-57-31)36(25(5)34(47)26(6)38(49)55-32)56-39-35(48)30(45(9)10)16-23(3)54-39/h12-15,18,22-26,30,32-33,35-37,39,46,48,50H,11,16-17,19-21H2,1-10H3/b44-28+/t22-,23-,24+,25+,26-,30+,32-,33+,35-,36-,37-,39+,40-,41-/m1/s1. The Kier molecular flexibility index (Phi) is 14.7. The summed E-state index contributed by atoms with van der Waals surface area (Å²) in [5.41, 5.74) is -1.56. The summed E-state index contributed by atoms with van der Waals surface area (Å²) >= 11 is 0. The van der Waals surface area contributed by atoms with Gasteiger partial charge in [-0.3, -0.25) is 14.6 Å². The maximum absolute atomic E-state index is 14.4. The fraction of sp³-hybridized carbons (Fsp3) is 0.732. The molecule has 0 radical (unpaired) electrons. The molecular weight excluding hydrogens is 740 g/mol. The number of aliphatic hydroxyl groups excluding tert-OH is 2. The average Bonchev–Trinajstić information content (AvgIpc) is 3.72. The Morgan fingerprint density at radius 2 is 1.77 bits per heavy atom. The van der Waals surface area contributed by atoms with E-state index in [1.54, 1.807) is 46.0 Å². The number of cyclic esters (lactones) is 1. The molecule has 14 atom stereocenters. The molecule has 3 saturated heterocycles. The van der Waals surface area contributed by atoms with Gasteiger partial charge in [-0.1, -0.05) is 44.1 Å². The Hall–Kier alpha value is -3.35. The van der Waals surface area contributed by atoms with E-state index in [2.05, 4.69) is 15.3 Å². The van der Waals surface area contributed by atoms with Crippen molar-refractivity contribution in [1.29, 1.82) is 0 Å². The summed E-state index contributed by atoms with van der Waals surface area (Å²) in [7, 11) is 3.73. The van der Waals surface area contributed by atoms with E-state index in [0.29, 0.717) is 23.6 Å². The lowest BCUT2D eigenvalue weighted by molar-refractivity contribution is -0.297. The maximum Gasteiger partial charge on any atom is 0.316 e. The van der Waals surface area contributed by atoms with Gasteiger partial charge in [0.05, 0.1) is 49.4 Å². The van der Waals surface area contributed by atoms with Gasteiger partial charge in [-0.2, -0.15) is 0 Å². The highest BCUT2D eigenvalue weighted by Gasteiger charge is 2.53. The van der Waals surface area contributed by atoms with Crippen LogP contribution in [0.3, 0.4) is 0 Å². The van der Waals surface area contributed by atoms with Crippen molar-refractivity contribution in [2.75, 3.05) is 27.3 Å². The van der Waals surface area contributed by atoms with E-state index >= 15 is 0 Å². The zero-order valence-electron chi connectivity index (χ0n) is 34.9. The van der Waals surface area contributed by atoms with Gasteiger partial charge in [0.25, 0.3) is 0 Å². The topological polar surface area (TPSA) is 205 Å². The van der Waals surface area contributed by atoms with E-state index in [0.717, 1.165) is 5.56 Å². The Bertz CT molecular complexity index is 1650. The number of likely N-dealkylation sites (N-methyl/N-ethyl adjacent to an activating group) is 1. The molecule has 16 nitrogen and oxygen atoms in total. The van der Waals surface area contributed by atoms with Crippen LogP contribution in [-0.4, -0.2) is 135 Å². The predicted molar refractivity (Wildman–Crippen MR) is 206 cm³/mol. The zero-order chi connectivity index (χ0) is 41.8.